The van der Waals surface area contributed by atoms with Crippen LogP contribution in [0.5, 0.6) is 0 Å². The Kier molecular flexibility index (Phi) is 5.27. The molecule has 6 heteroatoms. The molecule has 6 rings (SSSR count). The normalized spacial score (nSPS) is 49.9. The molecule has 3 saturated carbocycles. The summed E-state index contributed by atoms with van der Waals surface area (Å²) in [5.41, 5.74) is 0.698. The van der Waals surface area contributed by atoms with E-state index in [1.54, 1.807) is 12.2 Å². The minimum atomic E-state index is -0.706. The molecule has 0 aromatic rings. The van der Waals surface area contributed by atoms with E-state index in [1.165, 1.54) is 6.92 Å². The summed E-state index contributed by atoms with van der Waals surface area (Å²) in [5.74, 6) is 1.58. The summed E-state index contributed by atoms with van der Waals surface area (Å²) in [6, 6.07) is 0. The Morgan fingerprint density at radius 2 is 1.89 bits per heavy atom. The summed E-state index contributed by atoms with van der Waals surface area (Å²) in [4.78, 5) is 37.9. The van der Waals surface area contributed by atoms with Crippen molar-refractivity contribution in [3.05, 3.63) is 23.3 Å². The zero-order valence-corrected chi connectivity index (χ0v) is 22.5. The van der Waals surface area contributed by atoms with Gasteiger partial charge in [-0.15, -0.1) is 0 Å². The number of fused-ring (bicyclic) bond motifs is 4. The van der Waals surface area contributed by atoms with Gasteiger partial charge in [-0.2, -0.15) is 0 Å². The number of carbonyl (C=O) groups excluding carboxylic acids is 3. The fourth-order valence-corrected chi connectivity index (χ4v) is 9.82. The molecule has 196 valence electrons. The number of rotatable bonds is 3. The van der Waals surface area contributed by atoms with Crippen LogP contribution < -0.4 is 0 Å². The first-order valence-corrected chi connectivity index (χ1v) is 13.9. The van der Waals surface area contributed by atoms with Crippen molar-refractivity contribution < 1.29 is 28.6 Å². The zero-order chi connectivity index (χ0) is 25.8. The molecule has 6 aliphatic rings. The monoisotopic (exact) mass is 496 g/mol. The molecule has 0 aromatic carbocycles. The van der Waals surface area contributed by atoms with E-state index in [0.29, 0.717) is 23.7 Å². The van der Waals surface area contributed by atoms with E-state index in [-0.39, 0.29) is 41.3 Å². The maximum Gasteiger partial charge on any atom is 0.333 e. The molecule has 6 nitrogen and oxygen atoms in total. The van der Waals surface area contributed by atoms with E-state index in [4.69, 9.17) is 14.2 Å². The van der Waals surface area contributed by atoms with Crippen molar-refractivity contribution >= 4 is 17.7 Å². The highest BCUT2D eigenvalue weighted by atomic mass is 16.7. The van der Waals surface area contributed by atoms with Gasteiger partial charge in [-0.1, -0.05) is 19.4 Å². The second-order valence-electron chi connectivity index (χ2n) is 13.1. The van der Waals surface area contributed by atoms with Crippen LogP contribution in [0.1, 0.15) is 80.1 Å². The Hall–Kier alpha value is -1.95. The van der Waals surface area contributed by atoms with Crippen LogP contribution in [0.2, 0.25) is 0 Å². The van der Waals surface area contributed by atoms with E-state index >= 15 is 0 Å². The third-order valence-corrected chi connectivity index (χ3v) is 11.9. The molecule has 2 heterocycles. The Bertz CT molecular complexity index is 1090. The summed E-state index contributed by atoms with van der Waals surface area (Å²) in [7, 11) is 0. The SMILES string of the molecule is CC(=O)O[C@H]1C=CC(=O)[C@]2(C)[C@H]3CC[C@]4(C)[C@@H]([C@H](C)[C@H]5CC(C)=C(C)C(=O)O5)CC[C@H]4[C@@H]3C[C@H]3O[C@]132. The fraction of sp³-hybridized carbons (Fsp3) is 0.767. The van der Waals surface area contributed by atoms with Crippen molar-refractivity contribution in [1.82, 2.24) is 0 Å². The lowest BCUT2D eigenvalue weighted by atomic mass is 9.44. The van der Waals surface area contributed by atoms with Crippen molar-refractivity contribution in [2.24, 2.45) is 40.4 Å². The standard InChI is InChI=1S/C30H40O6/c1-15-13-23(35-27(33)16(15)2)17(3)20-7-8-21-19-14-26-30(36-26)25(34-18(4)31)10-9-24(32)29(30,6)22(19)11-12-28(20,21)5/h9-10,17,19-23,25-26H,7-8,11-14H2,1-6H3/t17-,19-,20+,21-,22-,23+,25-,26+,28+,29-,30+/m0/s1. The molecule has 0 amide bonds. The second-order valence-corrected chi connectivity index (χ2v) is 13.1. The molecule has 0 radical (unpaired) electrons. The Balaban J connectivity index is 1.28. The van der Waals surface area contributed by atoms with Gasteiger partial charge in [0.25, 0.3) is 0 Å². The van der Waals surface area contributed by atoms with E-state index in [1.807, 2.05) is 6.92 Å². The molecule has 0 aromatic heterocycles. The smallest absolute Gasteiger partial charge is 0.333 e. The van der Waals surface area contributed by atoms with Crippen molar-refractivity contribution in [1.29, 1.82) is 0 Å². The fourth-order valence-electron chi connectivity index (χ4n) is 9.82. The predicted octanol–water partition coefficient (Wildman–Crippen LogP) is 4.95. The number of carbonyl (C=O) groups is 3. The third kappa shape index (κ3) is 2.97. The molecule has 1 spiro atoms. The van der Waals surface area contributed by atoms with Crippen LogP contribution in [-0.4, -0.2) is 41.6 Å². The van der Waals surface area contributed by atoms with E-state index in [2.05, 4.69) is 27.7 Å². The first-order valence-electron chi connectivity index (χ1n) is 13.9. The summed E-state index contributed by atoms with van der Waals surface area (Å²) in [6.07, 6.45) is 8.88. The summed E-state index contributed by atoms with van der Waals surface area (Å²) < 4.78 is 18.0. The number of cyclic esters (lactones) is 1. The van der Waals surface area contributed by atoms with Crippen molar-refractivity contribution in [2.75, 3.05) is 0 Å². The predicted molar refractivity (Wildman–Crippen MR) is 133 cm³/mol. The average Bonchev–Trinajstić information content (AvgIpc) is 3.45. The van der Waals surface area contributed by atoms with Gasteiger partial charge in [0.05, 0.1) is 11.5 Å². The van der Waals surface area contributed by atoms with Gasteiger partial charge in [0, 0.05) is 18.9 Å². The van der Waals surface area contributed by atoms with Gasteiger partial charge in [-0.25, -0.2) is 4.79 Å². The maximum atomic E-state index is 13.5. The molecular formula is C30H40O6. The van der Waals surface area contributed by atoms with Gasteiger partial charge in [0.1, 0.15) is 11.7 Å². The van der Waals surface area contributed by atoms with Crippen LogP contribution in [0.15, 0.2) is 23.3 Å². The zero-order valence-electron chi connectivity index (χ0n) is 22.5. The highest BCUT2D eigenvalue weighted by Crippen LogP contribution is 2.73. The largest absolute Gasteiger partial charge is 0.458 e. The minimum absolute atomic E-state index is 0.0455. The van der Waals surface area contributed by atoms with Gasteiger partial charge in [-0.3, -0.25) is 9.59 Å². The maximum absolute atomic E-state index is 13.5. The molecule has 11 atom stereocenters. The number of ether oxygens (including phenoxy) is 3. The number of epoxide rings is 1. The first kappa shape index (κ1) is 24.4. The summed E-state index contributed by atoms with van der Waals surface area (Å²) in [5, 5.41) is 0. The van der Waals surface area contributed by atoms with Gasteiger partial charge in [-0.05, 0) is 100 Å². The number of ketones is 1. The van der Waals surface area contributed by atoms with Gasteiger partial charge in [0.2, 0.25) is 0 Å². The molecule has 0 bridgehead atoms. The lowest BCUT2D eigenvalue weighted by Gasteiger charge is -2.58. The lowest BCUT2D eigenvalue weighted by molar-refractivity contribution is -0.166. The number of hydrogen-bond acceptors (Lipinski definition) is 6. The highest BCUT2D eigenvalue weighted by molar-refractivity contribution is 5.98. The number of esters is 2. The Labute approximate surface area is 214 Å². The van der Waals surface area contributed by atoms with Crippen LogP contribution in [0.25, 0.3) is 0 Å². The molecule has 1 saturated heterocycles. The number of allylic oxidation sites excluding steroid dienone is 1. The minimum Gasteiger partial charge on any atom is -0.458 e. The van der Waals surface area contributed by atoms with Crippen molar-refractivity contribution in [3.63, 3.8) is 0 Å². The van der Waals surface area contributed by atoms with E-state index in [9.17, 15) is 14.4 Å². The van der Waals surface area contributed by atoms with Gasteiger partial charge >= 0.3 is 11.9 Å². The van der Waals surface area contributed by atoms with Gasteiger partial charge < -0.3 is 14.2 Å². The Morgan fingerprint density at radius 3 is 2.58 bits per heavy atom. The van der Waals surface area contributed by atoms with Crippen molar-refractivity contribution in [3.8, 4) is 0 Å². The van der Waals surface area contributed by atoms with Crippen LogP contribution in [0, 0.1) is 40.4 Å². The van der Waals surface area contributed by atoms with E-state index in [0.717, 1.165) is 49.7 Å². The topological polar surface area (TPSA) is 82.2 Å². The quantitative estimate of drug-likeness (QED) is 0.406. The molecule has 36 heavy (non-hydrogen) atoms. The van der Waals surface area contributed by atoms with Crippen LogP contribution in [-0.2, 0) is 28.6 Å². The second kappa shape index (κ2) is 7.78. The Morgan fingerprint density at radius 1 is 1.14 bits per heavy atom. The highest BCUT2D eigenvalue weighted by Gasteiger charge is 2.81. The van der Waals surface area contributed by atoms with Crippen molar-refractivity contribution in [2.45, 2.75) is 104 Å². The molecule has 2 aliphatic heterocycles. The van der Waals surface area contributed by atoms with Crippen LogP contribution in [0.3, 0.4) is 0 Å². The van der Waals surface area contributed by atoms with Gasteiger partial charge in [0.15, 0.2) is 11.9 Å². The third-order valence-electron chi connectivity index (χ3n) is 11.9. The molecule has 0 unspecified atom stereocenters. The molecular weight excluding hydrogens is 456 g/mol. The van der Waals surface area contributed by atoms with E-state index < -0.39 is 17.1 Å². The lowest BCUT2D eigenvalue weighted by Crippen LogP contribution is -2.64. The summed E-state index contributed by atoms with van der Waals surface area (Å²) in [6.45, 7) is 12.2. The van der Waals surface area contributed by atoms with Crippen LogP contribution in [0.4, 0.5) is 0 Å². The molecule has 4 aliphatic carbocycles. The summed E-state index contributed by atoms with van der Waals surface area (Å²) >= 11 is 0. The number of hydrogen-bond donors (Lipinski definition) is 0. The average molecular weight is 497 g/mol. The molecule has 4 fully saturated rings. The molecule has 0 N–H and O–H groups in total. The van der Waals surface area contributed by atoms with Crippen LogP contribution >= 0.6 is 0 Å². The first-order chi connectivity index (χ1) is 16.9.